The predicted octanol–water partition coefficient (Wildman–Crippen LogP) is 7.70. The summed E-state index contributed by atoms with van der Waals surface area (Å²) in [5.74, 6) is 0. The van der Waals surface area contributed by atoms with Gasteiger partial charge in [0.25, 0.3) is 0 Å². The molecule has 0 fully saturated rings. The second kappa shape index (κ2) is 5.91. The third-order valence-electron chi connectivity index (χ3n) is 5.96. The SMILES string of the molecule is c1ccc(-n2c3cccc4sc5cc6ccccc6nc5c5cccc2c5c43)cc1. The minimum absolute atomic E-state index is 1.04. The Morgan fingerprint density at radius 3 is 2.30 bits per heavy atom. The highest BCUT2D eigenvalue weighted by atomic mass is 32.1. The standard InChI is InChI=1S/C27H16N2S/c1-2-9-18(10-3-1)29-21-13-6-11-19-25(21)26-22(29)14-7-15-23(26)30-24-16-17-8-4-5-12-20(17)28-27(19)24/h1-16H. The Hall–Kier alpha value is -3.69. The van der Waals surface area contributed by atoms with Gasteiger partial charge in [-0.05, 0) is 42.5 Å². The molecule has 0 aliphatic carbocycles. The lowest BCUT2D eigenvalue weighted by Crippen LogP contribution is -1.92. The minimum atomic E-state index is 1.04. The van der Waals surface area contributed by atoms with Crippen LogP contribution in [0.4, 0.5) is 0 Å². The predicted molar refractivity (Wildman–Crippen MR) is 129 cm³/mol. The summed E-state index contributed by atoms with van der Waals surface area (Å²) in [4.78, 5) is 5.12. The molecule has 0 saturated carbocycles. The molecule has 4 aromatic carbocycles. The molecule has 7 aromatic rings. The van der Waals surface area contributed by atoms with Crippen molar-refractivity contribution in [1.82, 2.24) is 9.55 Å². The van der Waals surface area contributed by atoms with Crippen LogP contribution in [0.2, 0.25) is 0 Å². The van der Waals surface area contributed by atoms with Gasteiger partial charge in [0, 0.05) is 31.9 Å². The van der Waals surface area contributed by atoms with E-state index in [1.807, 2.05) is 11.3 Å². The van der Waals surface area contributed by atoms with Gasteiger partial charge in [0.2, 0.25) is 0 Å². The largest absolute Gasteiger partial charge is 0.309 e. The Labute approximate surface area is 176 Å². The number of fused-ring (bicyclic) bond motifs is 3. The molecule has 0 aliphatic heterocycles. The monoisotopic (exact) mass is 400 g/mol. The zero-order chi connectivity index (χ0) is 19.7. The van der Waals surface area contributed by atoms with E-state index in [1.165, 1.54) is 47.7 Å². The first-order valence-electron chi connectivity index (χ1n) is 10.1. The highest BCUT2D eigenvalue weighted by molar-refractivity contribution is 7.24. The van der Waals surface area contributed by atoms with Crippen LogP contribution in [0, 0.1) is 0 Å². The van der Waals surface area contributed by atoms with Gasteiger partial charge in [-0.25, -0.2) is 4.98 Å². The summed E-state index contributed by atoms with van der Waals surface area (Å²) in [7, 11) is 0. The van der Waals surface area contributed by atoms with Crippen molar-refractivity contribution in [2.24, 2.45) is 0 Å². The summed E-state index contributed by atoms with van der Waals surface area (Å²) in [6, 6.07) is 34.6. The van der Waals surface area contributed by atoms with Crippen LogP contribution in [-0.4, -0.2) is 9.55 Å². The molecule has 0 radical (unpaired) electrons. The topological polar surface area (TPSA) is 17.8 Å². The van der Waals surface area contributed by atoms with Gasteiger partial charge in [-0.15, -0.1) is 11.3 Å². The summed E-state index contributed by atoms with van der Waals surface area (Å²) in [6.07, 6.45) is 0. The van der Waals surface area contributed by atoms with Gasteiger partial charge in [-0.3, -0.25) is 0 Å². The summed E-state index contributed by atoms with van der Waals surface area (Å²) in [6.45, 7) is 0. The molecule has 7 rings (SSSR count). The fraction of sp³-hybridized carbons (Fsp3) is 0. The molecular formula is C27H16N2S. The zero-order valence-electron chi connectivity index (χ0n) is 16.0. The van der Waals surface area contributed by atoms with Crippen molar-refractivity contribution >= 4 is 64.3 Å². The molecule has 3 heteroatoms. The van der Waals surface area contributed by atoms with E-state index in [2.05, 4.69) is 102 Å². The highest BCUT2D eigenvalue weighted by Gasteiger charge is 2.18. The van der Waals surface area contributed by atoms with Crippen LogP contribution in [0.25, 0.3) is 58.7 Å². The van der Waals surface area contributed by atoms with Crippen LogP contribution < -0.4 is 0 Å². The van der Waals surface area contributed by atoms with Crippen LogP contribution >= 0.6 is 11.3 Å². The molecular weight excluding hydrogens is 384 g/mol. The van der Waals surface area contributed by atoms with E-state index in [1.54, 1.807) is 0 Å². The van der Waals surface area contributed by atoms with Crippen molar-refractivity contribution in [2.75, 3.05) is 0 Å². The van der Waals surface area contributed by atoms with E-state index >= 15 is 0 Å². The Bertz CT molecular complexity index is 1740. The number of pyridine rings is 1. The second-order valence-electron chi connectivity index (χ2n) is 7.65. The molecule has 3 aromatic heterocycles. The van der Waals surface area contributed by atoms with Crippen LogP contribution in [0.15, 0.2) is 97.1 Å². The summed E-state index contributed by atoms with van der Waals surface area (Å²) in [5, 5.41) is 5.01. The van der Waals surface area contributed by atoms with Crippen molar-refractivity contribution in [1.29, 1.82) is 0 Å². The number of hydrogen-bond donors (Lipinski definition) is 0. The fourth-order valence-electron chi connectivity index (χ4n) is 4.70. The van der Waals surface area contributed by atoms with Crippen LogP contribution in [0.3, 0.4) is 0 Å². The first kappa shape index (κ1) is 16.1. The molecule has 30 heavy (non-hydrogen) atoms. The normalized spacial score (nSPS) is 12.0. The first-order valence-corrected chi connectivity index (χ1v) is 10.9. The van der Waals surface area contributed by atoms with E-state index in [-0.39, 0.29) is 0 Å². The first-order chi connectivity index (χ1) is 14.9. The fourth-order valence-corrected chi connectivity index (χ4v) is 5.83. The molecule has 0 aliphatic rings. The maximum atomic E-state index is 5.12. The van der Waals surface area contributed by atoms with E-state index in [4.69, 9.17) is 4.98 Å². The Morgan fingerprint density at radius 2 is 1.40 bits per heavy atom. The number of nitrogens with zero attached hydrogens (tertiary/aromatic N) is 2. The molecule has 0 amide bonds. The van der Waals surface area contributed by atoms with Crippen LogP contribution in [0.5, 0.6) is 0 Å². The Kier molecular flexibility index (Phi) is 3.18. The third kappa shape index (κ3) is 2.10. The Morgan fingerprint density at radius 1 is 0.633 bits per heavy atom. The maximum Gasteiger partial charge on any atom is 0.0888 e. The van der Waals surface area contributed by atoms with Crippen molar-refractivity contribution in [3.8, 4) is 5.69 Å². The summed E-state index contributed by atoms with van der Waals surface area (Å²) < 4.78 is 4.89. The van der Waals surface area contributed by atoms with Gasteiger partial charge in [-0.2, -0.15) is 0 Å². The average Bonchev–Trinajstić information content (AvgIpc) is 3.07. The van der Waals surface area contributed by atoms with Crippen molar-refractivity contribution in [2.45, 2.75) is 0 Å². The van der Waals surface area contributed by atoms with Gasteiger partial charge in [0.05, 0.1) is 26.8 Å². The lowest BCUT2D eigenvalue weighted by atomic mass is 10.1. The summed E-state index contributed by atoms with van der Waals surface area (Å²) >= 11 is 1.83. The van der Waals surface area contributed by atoms with E-state index in [9.17, 15) is 0 Å². The smallest absolute Gasteiger partial charge is 0.0888 e. The lowest BCUT2D eigenvalue weighted by Gasteiger charge is -2.08. The number of rotatable bonds is 1. The van der Waals surface area contributed by atoms with Gasteiger partial charge in [-0.1, -0.05) is 54.6 Å². The van der Waals surface area contributed by atoms with Crippen molar-refractivity contribution in [3.63, 3.8) is 0 Å². The molecule has 140 valence electrons. The quantitative estimate of drug-likeness (QED) is 0.276. The third-order valence-corrected chi connectivity index (χ3v) is 7.05. The van der Waals surface area contributed by atoms with E-state index in [0.717, 1.165) is 11.0 Å². The highest BCUT2D eigenvalue weighted by Crippen LogP contribution is 2.42. The summed E-state index contributed by atoms with van der Waals surface area (Å²) in [5.41, 5.74) is 5.77. The molecule has 0 bridgehead atoms. The minimum Gasteiger partial charge on any atom is -0.309 e. The van der Waals surface area contributed by atoms with Crippen molar-refractivity contribution in [3.05, 3.63) is 97.1 Å². The van der Waals surface area contributed by atoms with Gasteiger partial charge in [0.15, 0.2) is 0 Å². The number of benzene rings is 4. The molecule has 2 nitrogen and oxygen atoms in total. The molecule has 3 heterocycles. The van der Waals surface area contributed by atoms with Gasteiger partial charge < -0.3 is 4.57 Å². The number of para-hydroxylation sites is 2. The van der Waals surface area contributed by atoms with Gasteiger partial charge in [0.1, 0.15) is 0 Å². The Balaban J connectivity index is 1.80. The van der Waals surface area contributed by atoms with Crippen LogP contribution in [-0.2, 0) is 0 Å². The van der Waals surface area contributed by atoms with Crippen LogP contribution in [0.1, 0.15) is 0 Å². The lowest BCUT2D eigenvalue weighted by molar-refractivity contribution is 1.18. The number of hydrogen-bond acceptors (Lipinski definition) is 2. The maximum absolute atomic E-state index is 5.12. The molecule has 0 spiro atoms. The van der Waals surface area contributed by atoms with E-state index in [0.29, 0.717) is 0 Å². The molecule has 0 saturated heterocycles. The average molecular weight is 401 g/mol. The number of aromatic nitrogens is 2. The zero-order valence-corrected chi connectivity index (χ0v) is 16.9. The second-order valence-corrected chi connectivity index (χ2v) is 8.73. The molecule has 0 unspecified atom stereocenters. The molecule has 0 N–H and O–H groups in total. The van der Waals surface area contributed by atoms with Crippen molar-refractivity contribution < 1.29 is 0 Å². The van der Waals surface area contributed by atoms with Gasteiger partial charge >= 0.3 is 0 Å². The van der Waals surface area contributed by atoms with E-state index < -0.39 is 0 Å². The molecule has 0 atom stereocenters.